The molecule has 2 aromatic carbocycles. The van der Waals surface area contributed by atoms with E-state index in [4.69, 9.17) is 0 Å². The van der Waals surface area contributed by atoms with Crippen molar-refractivity contribution in [2.75, 3.05) is 18.4 Å². The van der Waals surface area contributed by atoms with Crippen LogP contribution in [0.2, 0.25) is 0 Å². The largest absolute Gasteiger partial charge is 0.334 e. The van der Waals surface area contributed by atoms with E-state index < -0.39 is 0 Å². The summed E-state index contributed by atoms with van der Waals surface area (Å²) in [7, 11) is 0. The Labute approximate surface area is 149 Å². The number of carbonyl (C=O) groups is 2. The molecule has 0 unspecified atom stereocenters. The maximum absolute atomic E-state index is 12.3. The molecule has 0 aliphatic heterocycles. The summed E-state index contributed by atoms with van der Waals surface area (Å²) < 4.78 is 0. The third-order valence-electron chi connectivity index (χ3n) is 4.18. The molecule has 0 saturated carbocycles. The van der Waals surface area contributed by atoms with Gasteiger partial charge in [-0.3, -0.25) is 9.59 Å². The van der Waals surface area contributed by atoms with Gasteiger partial charge in [0.2, 0.25) is 11.8 Å². The predicted octanol–water partition coefficient (Wildman–Crippen LogP) is 3.72. The van der Waals surface area contributed by atoms with Crippen molar-refractivity contribution in [3.63, 3.8) is 0 Å². The van der Waals surface area contributed by atoms with Crippen molar-refractivity contribution in [3.8, 4) is 0 Å². The number of carbonyl (C=O) groups excluding carboxylic acids is 2. The Balaban J connectivity index is 1.88. The Hall–Kier alpha value is -2.62. The Kier molecular flexibility index (Phi) is 6.75. The number of benzene rings is 2. The highest BCUT2D eigenvalue weighted by atomic mass is 16.2. The summed E-state index contributed by atoms with van der Waals surface area (Å²) >= 11 is 0. The molecular formula is C21H26N2O2. The minimum atomic E-state index is -0.163. The second kappa shape index (κ2) is 9.02. The quantitative estimate of drug-likeness (QED) is 0.836. The van der Waals surface area contributed by atoms with E-state index in [2.05, 4.69) is 17.4 Å². The average Bonchev–Trinajstić information content (AvgIpc) is 2.58. The van der Waals surface area contributed by atoms with E-state index in [-0.39, 0.29) is 18.4 Å². The van der Waals surface area contributed by atoms with E-state index in [1.165, 1.54) is 12.5 Å². The fourth-order valence-electron chi connectivity index (χ4n) is 2.70. The number of nitrogens with zero attached hydrogens (tertiary/aromatic N) is 1. The second-order valence-corrected chi connectivity index (χ2v) is 6.40. The van der Waals surface area contributed by atoms with Gasteiger partial charge in [-0.05, 0) is 49.4 Å². The van der Waals surface area contributed by atoms with Crippen LogP contribution in [0.15, 0.2) is 48.5 Å². The number of rotatable bonds is 7. The normalized spacial score (nSPS) is 10.4. The third kappa shape index (κ3) is 6.07. The van der Waals surface area contributed by atoms with E-state index in [0.29, 0.717) is 6.54 Å². The van der Waals surface area contributed by atoms with Crippen LogP contribution in [0.4, 0.5) is 5.69 Å². The molecule has 132 valence electrons. The van der Waals surface area contributed by atoms with Crippen LogP contribution in [0, 0.1) is 13.8 Å². The molecule has 0 atom stereocenters. The zero-order chi connectivity index (χ0) is 18.2. The maximum Gasteiger partial charge on any atom is 0.244 e. The van der Waals surface area contributed by atoms with Crippen molar-refractivity contribution < 1.29 is 9.59 Å². The number of anilines is 1. The van der Waals surface area contributed by atoms with Gasteiger partial charge in [-0.15, -0.1) is 0 Å². The van der Waals surface area contributed by atoms with E-state index in [9.17, 15) is 9.59 Å². The Morgan fingerprint density at radius 1 is 1.04 bits per heavy atom. The lowest BCUT2D eigenvalue weighted by atomic mass is 10.1. The summed E-state index contributed by atoms with van der Waals surface area (Å²) in [4.78, 5) is 25.8. The van der Waals surface area contributed by atoms with Crippen molar-refractivity contribution in [1.29, 1.82) is 0 Å². The molecule has 0 aliphatic carbocycles. The fourth-order valence-corrected chi connectivity index (χ4v) is 2.70. The second-order valence-electron chi connectivity index (χ2n) is 6.40. The molecule has 25 heavy (non-hydrogen) atoms. The zero-order valence-electron chi connectivity index (χ0n) is 15.2. The summed E-state index contributed by atoms with van der Waals surface area (Å²) in [5.41, 5.74) is 4.15. The molecule has 2 rings (SSSR count). The maximum atomic E-state index is 12.3. The summed E-state index contributed by atoms with van der Waals surface area (Å²) in [6.07, 6.45) is 1.73. The average molecular weight is 338 g/mol. The van der Waals surface area contributed by atoms with Crippen LogP contribution in [0.1, 0.15) is 30.0 Å². The van der Waals surface area contributed by atoms with Gasteiger partial charge in [0.15, 0.2) is 0 Å². The topological polar surface area (TPSA) is 49.4 Å². The van der Waals surface area contributed by atoms with Crippen molar-refractivity contribution in [3.05, 3.63) is 65.2 Å². The number of hydrogen-bond donors (Lipinski definition) is 1. The van der Waals surface area contributed by atoms with E-state index >= 15 is 0 Å². The lowest BCUT2D eigenvalue weighted by molar-refractivity contribution is -0.132. The molecule has 4 nitrogen and oxygen atoms in total. The molecular weight excluding hydrogens is 312 g/mol. The van der Waals surface area contributed by atoms with Crippen LogP contribution in [0.25, 0.3) is 0 Å². The highest BCUT2D eigenvalue weighted by Crippen LogP contribution is 2.16. The van der Waals surface area contributed by atoms with Gasteiger partial charge in [-0.1, -0.05) is 42.5 Å². The smallest absolute Gasteiger partial charge is 0.244 e. The molecule has 4 heteroatoms. The van der Waals surface area contributed by atoms with E-state index in [0.717, 1.165) is 29.7 Å². The third-order valence-corrected chi connectivity index (χ3v) is 4.18. The molecule has 0 fully saturated rings. The summed E-state index contributed by atoms with van der Waals surface area (Å²) in [5, 5.41) is 2.91. The zero-order valence-corrected chi connectivity index (χ0v) is 15.2. The first-order valence-corrected chi connectivity index (χ1v) is 8.62. The van der Waals surface area contributed by atoms with Gasteiger partial charge >= 0.3 is 0 Å². The summed E-state index contributed by atoms with van der Waals surface area (Å²) in [6, 6.07) is 16.1. The Morgan fingerprint density at radius 2 is 1.76 bits per heavy atom. The molecule has 0 heterocycles. The number of aryl methyl sites for hydroxylation is 3. The lowest BCUT2D eigenvalue weighted by Gasteiger charge is -2.21. The monoisotopic (exact) mass is 338 g/mol. The van der Waals surface area contributed by atoms with Gasteiger partial charge in [0.05, 0.1) is 6.54 Å². The molecule has 2 aromatic rings. The van der Waals surface area contributed by atoms with Crippen molar-refractivity contribution in [2.24, 2.45) is 0 Å². The molecule has 0 aromatic heterocycles. The van der Waals surface area contributed by atoms with Crippen LogP contribution < -0.4 is 5.32 Å². The predicted molar refractivity (Wildman–Crippen MR) is 102 cm³/mol. The fraction of sp³-hybridized carbons (Fsp3) is 0.333. The first-order chi connectivity index (χ1) is 12.0. The van der Waals surface area contributed by atoms with Crippen LogP contribution in [0.3, 0.4) is 0 Å². The standard InChI is InChI=1S/C21H26N2O2/c1-16-11-12-17(2)20(14-16)22-21(25)15-23(18(3)24)13-7-10-19-8-5-4-6-9-19/h4-6,8-9,11-12,14H,7,10,13,15H2,1-3H3,(H,22,25). The SMILES string of the molecule is CC(=O)N(CCCc1ccccc1)CC(=O)Nc1cc(C)ccc1C. The molecule has 0 radical (unpaired) electrons. The van der Waals surface area contributed by atoms with Gasteiger partial charge in [0.1, 0.15) is 0 Å². The van der Waals surface area contributed by atoms with Gasteiger partial charge in [-0.25, -0.2) is 0 Å². The molecule has 0 saturated heterocycles. The minimum absolute atomic E-state index is 0.0795. The number of amides is 2. The molecule has 0 spiro atoms. The molecule has 1 N–H and O–H groups in total. The van der Waals surface area contributed by atoms with Gasteiger partial charge < -0.3 is 10.2 Å². The first kappa shape index (κ1) is 18.7. The molecule has 2 amide bonds. The van der Waals surface area contributed by atoms with Crippen molar-refractivity contribution in [1.82, 2.24) is 4.90 Å². The molecule has 0 bridgehead atoms. The van der Waals surface area contributed by atoms with E-state index in [1.54, 1.807) is 4.90 Å². The Bertz CT molecular complexity index is 726. The minimum Gasteiger partial charge on any atom is -0.334 e. The number of hydrogen-bond acceptors (Lipinski definition) is 2. The van der Waals surface area contributed by atoms with Gasteiger partial charge in [-0.2, -0.15) is 0 Å². The van der Waals surface area contributed by atoms with E-state index in [1.807, 2.05) is 50.2 Å². The molecule has 0 aliphatic rings. The van der Waals surface area contributed by atoms with Gasteiger partial charge in [0.25, 0.3) is 0 Å². The van der Waals surface area contributed by atoms with Crippen molar-refractivity contribution >= 4 is 17.5 Å². The summed E-state index contributed by atoms with van der Waals surface area (Å²) in [5.74, 6) is -0.243. The van der Waals surface area contributed by atoms with Crippen molar-refractivity contribution in [2.45, 2.75) is 33.6 Å². The highest BCUT2D eigenvalue weighted by molar-refractivity contribution is 5.94. The highest BCUT2D eigenvalue weighted by Gasteiger charge is 2.14. The number of nitrogens with one attached hydrogen (secondary N) is 1. The van der Waals surface area contributed by atoms with Gasteiger partial charge in [0, 0.05) is 19.2 Å². The van der Waals surface area contributed by atoms with Crippen LogP contribution in [-0.2, 0) is 16.0 Å². The Morgan fingerprint density at radius 3 is 2.44 bits per heavy atom. The first-order valence-electron chi connectivity index (χ1n) is 8.62. The van der Waals surface area contributed by atoms with Crippen LogP contribution >= 0.6 is 0 Å². The van der Waals surface area contributed by atoms with Crippen LogP contribution in [-0.4, -0.2) is 29.8 Å². The summed E-state index contributed by atoms with van der Waals surface area (Å²) in [6.45, 7) is 6.11. The lowest BCUT2D eigenvalue weighted by Crippen LogP contribution is -2.37. The van der Waals surface area contributed by atoms with Crippen LogP contribution in [0.5, 0.6) is 0 Å².